The van der Waals surface area contributed by atoms with Gasteiger partial charge in [0.25, 0.3) is 5.91 Å². The summed E-state index contributed by atoms with van der Waals surface area (Å²) in [6, 6.07) is 21.9. The molecule has 5 rings (SSSR count). The Morgan fingerprint density at radius 2 is 1.72 bits per heavy atom. The number of anilines is 2. The van der Waals surface area contributed by atoms with Crippen LogP contribution in [0.3, 0.4) is 0 Å². The van der Waals surface area contributed by atoms with Crippen molar-refractivity contribution < 1.29 is 18.8 Å². The molecule has 1 aliphatic rings. The van der Waals surface area contributed by atoms with E-state index in [-0.39, 0.29) is 5.91 Å². The van der Waals surface area contributed by atoms with Gasteiger partial charge in [0.1, 0.15) is 18.7 Å². The Morgan fingerprint density at radius 1 is 0.960 bits per heavy atom. The molecule has 50 heavy (non-hydrogen) atoms. The number of carbonyl (C=O) groups is 1. The third kappa shape index (κ3) is 10.4. The Morgan fingerprint density at radius 3 is 2.46 bits per heavy atom. The number of hydrogen-bond donors (Lipinski definition) is 1. The van der Waals surface area contributed by atoms with Crippen molar-refractivity contribution in [2.45, 2.75) is 77.0 Å². The van der Waals surface area contributed by atoms with E-state index in [9.17, 15) is 9.35 Å². The van der Waals surface area contributed by atoms with Gasteiger partial charge in [0.15, 0.2) is 16.5 Å². The summed E-state index contributed by atoms with van der Waals surface area (Å²) in [4.78, 5) is 16.7. The van der Waals surface area contributed by atoms with E-state index in [0.717, 1.165) is 91.4 Å². The van der Waals surface area contributed by atoms with Crippen molar-refractivity contribution in [1.82, 2.24) is 14.8 Å². The maximum Gasteiger partial charge on any atom is 0.251 e. The minimum Gasteiger partial charge on any atom is -0.611 e. The van der Waals surface area contributed by atoms with E-state index < -0.39 is 11.2 Å². The molecule has 0 aliphatic carbocycles. The molecule has 2 heterocycles. The minimum atomic E-state index is -1.28. The van der Waals surface area contributed by atoms with Gasteiger partial charge in [-0.15, -0.1) is 10.2 Å². The van der Waals surface area contributed by atoms with Crippen molar-refractivity contribution in [3.8, 4) is 16.9 Å². The molecule has 0 spiro atoms. The highest BCUT2D eigenvalue weighted by atomic mass is 32.2. The van der Waals surface area contributed by atoms with Crippen LogP contribution in [0.5, 0.6) is 5.75 Å². The molecule has 10 heteroatoms. The van der Waals surface area contributed by atoms with Crippen LogP contribution < -0.4 is 15.0 Å². The molecule has 0 bridgehead atoms. The fourth-order valence-electron chi connectivity index (χ4n) is 5.90. The maximum atomic E-state index is 13.7. The molecule has 0 fully saturated rings. The lowest BCUT2D eigenvalue weighted by molar-refractivity contribution is -0.112. The van der Waals surface area contributed by atoms with Crippen LogP contribution >= 0.6 is 0 Å². The molecule has 266 valence electrons. The molecular weight excluding hydrogens is 647 g/mol. The van der Waals surface area contributed by atoms with Crippen molar-refractivity contribution >= 4 is 34.5 Å². The van der Waals surface area contributed by atoms with Gasteiger partial charge < -0.3 is 28.8 Å². The van der Waals surface area contributed by atoms with E-state index in [1.54, 1.807) is 6.33 Å². The standard InChI is InChI=1S/C40H51N5O4S/c1-5-7-20-45-29-41-43-39(45)28-50(47)37-16-12-35(13-17-37)42-40(46)33-19-21-44(27-30(3)4)38-18-11-32(25-34(38)26-33)31-9-14-36(15-10-31)49-24-23-48-22-8-6-2/h9-18,25-26,29-30H,5-8,19-24,27-28H2,1-4H3,(H,42,46). The van der Waals surface area contributed by atoms with Gasteiger partial charge in [0.2, 0.25) is 0 Å². The first-order valence-corrected chi connectivity index (χ1v) is 19.2. The molecule has 1 unspecified atom stereocenters. The largest absolute Gasteiger partial charge is 0.611 e. The van der Waals surface area contributed by atoms with Gasteiger partial charge in [-0.2, -0.15) is 0 Å². The number of rotatable bonds is 18. The summed E-state index contributed by atoms with van der Waals surface area (Å²) in [5.74, 6) is 2.17. The average molecular weight is 698 g/mol. The van der Waals surface area contributed by atoms with Crippen LogP contribution in [0.25, 0.3) is 17.2 Å². The number of nitrogens with zero attached hydrogens (tertiary/aromatic N) is 4. The van der Waals surface area contributed by atoms with Crippen LogP contribution in [-0.4, -0.2) is 58.1 Å². The lowest BCUT2D eigenvalue weighted by atomic mass is 10.00. The Hall–Kier alpha value is -4.12. The van der Waals surface area contributed by atoms with Gasteiger partial charge in [0.05, 0.1) is 6.61 Å². The molecule has 4 aromatic rings. The minimum absolute atomic E-state index is 0.133. The Labute approximate surface area is 300 Å². The molecule has 0 saturated heterocycles. The summed E-state index contributed by atoms with van der Waals surface area (Å²) in [5, 5.41) is 11.3. The highest BCUT2D eigenvalue weighted by Gasteiger charge is 2.22. The van der Waals surface area contributed by atoms with Crippen molar-refractivity contribution in [2.75, 3.05) is 43.1 Å². The number of benzene rings is 3. The lowest BCUT2D eigenvalue weighted by Gasteiger charge is -2.27. The molecule has 0 saturated carbocycles. The molecule has 3 aromatic carbocycles. The quantitative estimate of drug-likeness (QED) is 0.0827. The number of ether oxygens (including phenoxy) is 2. The number of nitrogens with one attached hydrogen (secondary N) is 1. The molecule has 9 nitrogen and oxygen atoms in total. The second-order valence-corrected chi connectivity index (χ2v) is 14.6. The van der Waals surface area contributed by atoms with E-state index in [1.165, 1.54) is 0 Å². The number of carbonyl (C=O) groups excluding carboxylic acids is 1. The van der Waals surface area contributed by atoms with Gasteiger partial charge in [-0.3, -0.25) is 4.79 Å². The number of fused-ring (bicyclic) bond motifs is 1. The van der Waals surface area contributed by atoms with Gasteiger partial charge >= 0.3 is 0 Å². The SMILES string of the molecule is CCCCOCCOc1ccc(-c2ccc3c(c2)C=C(C(=O)Nc2ccc([S+]([O-])Cc4nncn4CCCC)cc2)CCN3CC(C)C)cc1. The van der Waals surface area contributed by atoms with Gasteiger partial charge in [-0.25, -0.2) is 0 Å². The first kappa shape index (κ1) is 37.1. The van der Waals surface area contributed by atoms with Crippen molar-refractivity contribution in [3.05, 3.63) is 90.0 Å². The number of hydrogen-bond acceptors (Lipinski definition) is 7. The molecule has 1 amide bonds. The normalized spacial score (nSPS) is 13.5. The number of amides is 1. The van der Waals surface area contributed by atoms with Crippen molar-refractivity contribution in [3.63, 3.8) is 0 Å². The molecule has 1 atom stereocenters. The topological polar surface area (TPSA) is 105 Å². The summed E-state index contributed by atoms with van der Waals surface area (Å²) in [6.45, 7) is 13.1. The summed E-state index contributed by atoms with van der Waals surface area (Å²) in [5.41, 5.74) is 5.69. The van der Waals surface area contributed by atoms with Crippen LogP contribution in [0, 0.1) is 5.92 Å². The van der Waals surface area contributed by atoms with Crippen molar-refractivity contribution in [2.24, 2.45) is 5.92 Å². The predicted molar refractivity (Wildman–Crippen MR) is 203 cm³/mol. The molecular formula is C40H51N5O4S. The second-order valence-electron chi connectivity index (χ2n) is 13.1. The van der Waals surface area contributed by atoms with Gasteiger partial charge in [-0.05, 0) is 108 Å². The maximum absolute atomic E-state index is 13.7. The first-order valence-electron chi connectivity index (χ1n) is 17.9. The highest BCUT2D eigenvalue weighted by Crippen LogP contribution is 2.34. The zero-order chi connectivity index (χ0) is 35.3. The van der Waals surface area contributed by atoms with Crippen LogP contribution in [-0.2, 0) is 33.0 Å². The summed E-state index contributed by atoms with van der Waals surface area (Å²) in [7, 11) is 0. The molecule has 0 radical (unpaired) electrons. The van der Waals surface area contributed by atoms with E-state index in [4.69, 9.17) is 9.47 Å². The van der Waals surface area contributed by atoms with Crippen LogP contribution in [0.4, 0.5) is 11.4 Å². The summed E-state index contributed by atoms with van der Waals surface area (Å²) < 4.78 is 26.6. The Balaban J connectivity index is 1.26. The molecule has 1 aliphatic heterocycles. The number of aromatic nitrogens is 3. The van der Waals surface area contributed by atoms with E-state index in [0.29, 0.717) is 41.9 Å². The molecule has 1 aromatic heterocycles. The van der Waals surface area contributed by atoms with E-state index in [1.807, 2.05) is 47.0 Å². The van der Waals surface area contributed by atoms with Gasteiger partial charge in [-0.1, -0.05) is 58.7 Å². The number of unbranched alkanes of at least 4 members (excludes halogenated alkanes) is 2. The zero-order valence-corrected chi connectivity index (χ0v) is 30.7. The zero-order valence-electron chi connectivity index (χ0n) is 29.9. The molecule has 1 N–H and O–H groups in total. The smallest absolute Gasteiger partial charge is 0.251 e. The first-order chi connectivity index (χ1) is 24.3. The van der Waals surface area contributed by atoms with Crippen molar-refractivity contribution in [1.29, 1.82) is 0 Å². The predicted octanol–water partition coefficient (Wildman–Crippen LogP) is 8.14. The summed E-state index contributed by atoms with van der Waals surface area (Å²) in [6.07, 6.45) is 8.63. The Kier molecular flexibility index (Phi) is 13.9. The monoisotopic (exact) mass is 697 g/mol. The van der Waals surface area contributed by atoms with Crippen LogP contribution in [0.15, 0.2) is 83.5 Å². The average Bonchev–Trinajstić information content (AvgIpc) is 3.48. The van der Waals surface area contributed by atoms with Crippen LogP contribution in [0.1, 0.15) is 71.2 Å². The van der Waals surface area contributed by atoms with E-state index >= 15 is 0 Å². The van der Waals surface area contributed by atoms with Gasteiger partial charge in [0, 0.05) is 43.2 Å². The third-order valence-corrected chi connectivity index (χ3v) is 9.95. The second kappa shape index (κ2) is 18.8. The van der Waals surface area contributed by atoms with Crippen LogP contribution in [0.2, 0.25) is 0 Å². The van der Waals surface area contributed by atoms with E-state index in [2.05, 4.69) is 78.4 Å². The third-order valence-electron chi connectivity index (χ3n) is 8.64. The highest BCUT2D eigenvalue weighted by molar-refractivity contribution is 7.90. The fraction of sp³-hybridized carbons (Fsp3) is 0.425. The fourth-order valence-corrected chi connectivity index (χ4v) is 6.97. The number of aryl methyl sites for hydroxylation is 1. The Bertz CT molecular complexity index is 1690. The summed E-state index contributed by atoms with van der Waals surface area (Å²) >= 11 is -1.28. The lowest BCUT2D eigenvalue weighted by Crippen LogP contribution is -2.29.